The van der Waals surface area contributed by atoms with E-state index in [4.69, 9.17) is 5.26 Å². The Morgan fingerprint density at radius 3 is 2.50 bits per heavy atom. The number of aromatic nitrogens is 2. The van der Waals surface area contributed by atoms with Crippen molar-refractivity contribution in [1.29, 1.82) is 5.26 Å². The molecule has 90 valence electrons. The van der Waals surface area contributed by atoms with Gasteiger partial charge in [-0.3, -0.25) is 0 Å². The number of hydrogen-bond donors (Lipinski definition) is 0. The maximum absolute atomic E-state index is 8.78. The smallest absolute Gasteiger partial charge is 0.193 e. The van der Waals surface area contributed by atoms with Crippen LogP contribution in [0.15, 0.2) is 46.6 Å². The molecule has 0 aliphatic heterocycles. The zero-order chi connectivity index (χ0) is 13.0. The third kappa shape index (κ3) is 3.08. The van der Waals surface area contributed by atoms with Crippen LogP contribution < -0.4 is 0 Å². The zero-order valence-corrected chi connectivity index (χ0v) is 11.1. The molecular formula is C14H13N3S. The van der Waals surface area contributed by atoms with E-state index in [1.165, 1.54) is 17.3 Å². The maximum atomic E-state index is 8.78. The molecule has 0 saturated heterocycles. The Labute approximate surface area is 111 Å². The number of nitrogens with zero attached hydrogens (tertiary/aromatic N) is 3. The van der Waals surface area contributed by atoms with Gasteiger partial charge in [0.1, 0.15) is 11.8 Å². The Hall–Kier alpha value is -1.86. The molecule has 2 rings (SSSR count). The minimum atomic E-state index is 0.395. The molecule has 0 radical (unpaired) electrons. The van der Waals surface area contributed by atoms with Gasteiger partial charge in [-0.05, 0) is 41.4 Å². The second-order valence-electron chi connectivity index (χ2n) is 4.16. The highest BCUT2D eigenvalue weighted by Gasteiger charge is 2.03. The second-order valence-corrected chi connectivity index (χ2v) is 5.20. The van der Waals surface area contributed by atoms with Gasteiger partial charge in [-0.2, -0.15) is 5.26 Å². The summed E-state index contributed by atoms with van der Waals surface area (Å²) in [6.07, 6.45) is 1.61. The summed E-state index contributed by atoms with van der Waals surface area (Å²) in [7, 11) is 0. The van der Waals surface area contributed by atoms with Gasteiger partial charge in [-0.25, -0.2) is 9.97 Å². The van der Waals surface area contributed by atoms with E-state index in [2.05, 4.69) is 48.1 Å². The molecule has 0 amide bonds. The first-order chi connectivity index (χ1) is 8.69. The molecule has 0 spiro atoms. The van der Waals surface area contributed by atoms with Gasteiger partial charge in [0.2, 0.25) is 0 Å². The SMILES string of the molecule is CC(C)c1ccc(Sc2nccc(C#N)n2)cc1. The topological polar surface area (TPSA) is 49.6 Å². The van der Waals surface area contributed by atoms with E-state index in [1.807, 2.05) is 6.07 Å². The van der Waals surface area contributed by atoms with Crippen molar-refractivity contribution in [3.8, 4) is 6.07 Å². The third-order valence-corrected chi connectivity index (χ3v) is 3.39. The van der Waals surface area contributed by atoms with Gasteiger partial charge >= 0.3 is 0 Å². The molecular weight excluding hydrogens is 242 g/mol. The highest BCUT2D eigenvalue weighted by molar-refractivity contribution is 7.99. The lowest BCUT2D eigenvalue weighted by molar-refractivity contribution is 0.864. The predicted octanol–water partition coefficient (Wildman–Crippen LogP) is 3.62. The van der Waals surface area contributed by atoms with Crippen LogP contribution in [-0.4, -0.2) is 9.97 Å². The van der Waals surface area contributed by atoms with Crippen LogP contribution in [0.5, 0.6) is 0 Å². The lowest BCUT2D eigenvalue weighted by Gasteiger charge is -2.06. The van der Waals surface area contributed by atoms with E-state index < -0.39 is 0 Å². The number of benzene rings is 1. The Morgan fingerprint density at radius 1 is 1.17 bits per heavy atom. The molecule has 0 aliphatic carbocycles. The summed E-state index contributed by atoms with van der Waals surface area (Å²) in [5, 5.41) is 9.38. The molecule has 0 unspecified atom stereocenters. The van der Waals surface area contributed by atoms with Crippen LogP contribution >= 0.6 is 11.8 Å². The summed E-state index contributed by atoms with van der Waals surface area (Å²) in [5.74, 6) is 0.530. The quantitative estimate of drug-likeness (QED) is 0.786. The number of rotatable bonds is 3. The largest absolute Gasteiger partial charge is 0.231 e. The molecule has 0 N–H and O–H groups in total. The average molecular weight is 255 g/mol. The fourth-order valence-electron chi connectivity index (χ4n) is 1.48. The van der Waals surface area contributed by atoms with Crippen LogP contribution in [0.3, 0.4) is 0 Å². The summed E-state index contributed by atoms with van der Waals surface area (Å²) in [6.45, 7) is 4.34. The highest BCUT2D eigenvalue weighted by atomic mass is 32.2. The van der Waals surface area contributed by atoms with E-state index in [1.54, 1.807) is 12.3 Å². The van der Waals surface area contributed by atoms with Gasteiger partial charge in [0, 0.05) is 11.1 Å². The lowest BCUT2D eigenvalue weighted by atomic mass is 10.0. The molecule has 0 aliphatic rings. The molecule has 4 heteroatoms. The summed E-state index contributed by atoms with van der Waals surface area (Å²) >= 11 is 1.46. The molecule has 1 heterocycles. The molecule has 1 aromatic carbocycles. The van der Waals surface area contributed by atoms with Crippen molar-refractivity contribution in [3.63, 3.8) is 0 Å². The van der Waals surface area contributed by atoms with Crippen molar-refractivity contribution in [1.82, 2.24) is 9.97 Å². The summed E-state index contributed by atoms with van der Waals surface area (Å²) in [6, 6.07) is 12.0. The molecule has 0 saturated carbocycles. The van der Waals surface area contributed by atoms with Gasteiger partial charge < -0.3 is 0 Å². The molecule has 2 aromatic rings. The fourth-order valence-corrected chi connectivity index (χ4v) is 2.22. The number of nitriles is 1. The Balaban J connectivity index is 2.16. The first-order valence-electron chi connectivity index (χ1n) is 5.70. The van der Waals surface area contributed by atoms with Gasteiger partial charge in [-0.1, -0.05) is 26.0 Å². The molecule has 0 bridgehead atoms. The Bertz CT molecular complexity index is 570. The van der Waals surface area contributed by atoms with E-state index in [0.717, 1.165) is 4.90 Å². The molecule has 0 atom stereocenters. The third-order valence-electron chi connectivity index (χ3n) is 2.50. The van der Waals surface area contributed by atoms with E-state index >= 15 is 0 Å². The van der Waals surface area contributed by atoms with Crippen LogP contribution in [-0.2, 0) is 0 Å². The number of hydrogen-bond acceptors (Lipinski definition) is 4. The van der Waals surface area contributed by atoms with Gasteiger partial charge in [0.05, 0.1) is 0 Å². The highest BCUT2D eigenvalue weighted by Crippen LogP contribution is 2.26. The van der Waals surface area contributed by atoms with Crippen molar-refractivity contribution < 1.29 is 0 Å². The fraction of sp³-hybridized carbons (Fsp3) is 0.214. The van der Waals surface area contributed by atoms with Crippen molar-refractivity contribution in [2.45, 2.75) is 29.8 Å². The van der Waals surface area contributed by atoms with Crippen LogP contribution in [0, 0.1) is 11.3 Å². The Morgan fingerprint density at radius 2 is 1.89 bits per heavy atom. The first-order valence-corrected chi connectivity index (χ1v) is 6.51. The minimum Gasteiger partial charge on any atom is -0.231 e. The van der Waals surface area contributed by atoms with E-state index in [-0.39, 0.29) is 0 Å². The predicted molar refractivity (Wildman–Crippen MR) is 71.4 cm³/mol. The van der Waals surface area contributed by atoms with Crippen LogP contribution in [0.4, 0.5) is 0 Å². The average Bonchev–Trinajstić information content (AvgIpc) is 2.39. The Kier molecular flexibility index (Phi) is 3.96. The van der Waals surface area contributed by atoms with Crippen molar-refractivity contribution in [2.75, 3.05) is 0 Å². The van der Waals surface area contributed by atoms with Gasteiger partial charge in [0.15, 0.2) is 5.16 Å². The minimum absolute atomic E-state index is 0.395. The summed E-state index contributed by atoms with van der Waals surface area (Å²) in [4.78, 5) is 9.35. The van der Waals surface area contributed by atoms with Crippen LogP contribution in [0.1, 0.15) is 31.0 Å². The van der Waals surface area contributed by atoms with E-state index in [0.29, 0.717) is 16.8 Å². The summed E-state index contributed by atoms with van der Waals surface area (Å²) in [5.41, 5.74) is 1.71. The normalized spacial score (nSPS) is 10.3. The van der Waals surface area contributed by atoms with Crippen molar-refractivity contribution in [3.05, 3.63) is 47.8 Å². The maximum Gasteiger partial charge on any atom is 0.193 e. The van der Waals surface area contributed by atoms with Gasteiger partial charge in [0.25, 0.3) is 0 Å². The standard InChI is InChI=1S/C14H13N3S/c1-10(2)11-3-5-13(6-4-11)18-14-16-8-7-12(9-15)17-14/h3-8,10H,1-2H3. The van der Waals surface area contributed by atoms with Gasteiger partial charge in [-0.15, -0.1) is 0 Å². The molecule has 1 aromatic heterocycles. The monoisotopic (exact) mass is 255 g/mol. The molecule has 3 nitrogen and oxygen atoms in total. The zero-order valence-electron chi connectivity index (χ0n) is 10.3. The first kappa shape index (κ1) is 12.6. The summed E-state index contributed by atoms with van der Waals surface area (Å²) < 4.78 is 0. The van der Waals surface area contributed by atoms with Crippen LogP contribution in [0.2, 0.25) is 0 Å². The van der Waals surface area contributed by atoms with Crippen molar-refractivity contribution >= 4 is 11.8 Å². The van der Waals surface area contributed by atoms with Crippen LogP contribution in [0.25, 0.3) is 0 Å². The van der Waals surface area contributed by atoms with Crippen molar-refractivity contribution in [2.24, 2.45) is 0 Å². The van der Waals surface area contributed by atoms with E-state index in [9.17, 15) is 0 Å². The second kappa shape index (κ2) is 5.65. The molecule has 18 heavy (non-hydrogen) atoms. The lowest BCUT2D eigenvalue weighted by Crippen LogP contribution is -1.89. The molecule has 0 fully saturated rings.